The van der Waals surface area contributed by atoms with Crippen molar-refractivity contribution in [2.24, 2.45) is 0 Å². The van der Waals surface area contributed by atoms with Crippen LogP contribution in [0.4, 0.5) is 13.2 Å². The average molecular weight is 466 g/mol. The van der Waals surface area contributed by atoms with Gasteiger partial charge in [0.25, 0.3) is 5.91 Å². The second-order valence-corrected chi connectivity index (χ2v) is 7.97. The minimum atomic E-state index is -4.57. The van der Waals surface area contributed by atoms with Crippen LogP contribution in [0.2, 0.25) is 0 Å². The van der Waals surface area contributed by atoms with Crippen molar-refractivity contribution in [2.45, 2.75) is 52.1 Å². The summed E-state index contributed by atoms with van der Waals surface area (Å²) in [4.78, 5) is 24.5. The first-order valence-corrected chi connectivity index (χ1v) is 10.7. The van der Waals surface area contributed by atoms with Gasteiger partial charge in [-0.15, -0.1) is 0 Å². The molecule has 9 heteroatoms. The molecule has 0 aliphatic heterocycles. The van der Waals surface area contributed by atoms with Crippen LogP contribution in [-0.4, -0.2) is 42.2 Å². The maximum atomic E-state index is 12.8. The summed E-state index contributed by atoms with van der Waals surface area (Å²) in [6.45, 7) is 6.23. The number of alkyl halides is 3. The van der Waals surface area contributed by atoms with Crippen LogP contribution in [0.25, 0.3) is 0 Å². The summed E-state index contributed by atoms with van der Waals surface area (Å²) in [7, 11) is 0. The molecule has 33 heavy (non-hydrogen) atoms. The Morgan fingerprint density at radius 1 is 1.09 bits per heavy atom. The number of nitrogens with one attached hydrogen (secondary N) is 3. The standard InChI is InChI=1S/C24H30F3N3O3/c1-4-21(31)20(13-28-12-18-9-8-15(2)10-16(18)3)30-22(32)14-29-23(33)17-6-5-7-19(11-17)24(25,26)27/h5-11,20-21,28,31H,4,12-14H2,1-3H3,(H,29,33)(H,30,32)/t20-,21-/m0/s1. The Labute approximate surface area is 191 Å². The van der Waals surface area contributed by atoms with E-state index >= 15 is 0 Å². The molecule has 0 aliphatic rings. The smallest absolute Gasteiger partial charge is 0.391 e. The summed E-state index contributed by atoms with van der Waals surface area (Å²) in [6, 6.07) is 9.47. The van der Waals surface area contributed by atoms with E-state index in [1.165, 1.54) is 6.07 Å². The number of amides is 2. The van der Waals surface area contributed by atoms with Crippen LogP contribution in [0, 0.1) is 13.8 Å². The summed E-state index contributed by atoms with van der Waals surface area (Å²) in [5.74, 6) is -1.35. The number of carbonyl (C=O) groups is 2. The van der Waals surface area contributed by atoms with Gasteiger partial charge >= 0.3 is 6.18 Å². The zero-order valence-electron chi connectivity index (χ0n) is 18.9. The van der Waals surface area contributed by atoms with Crippen LogP contribution in [0.15, 0.2) is 42.5 Å². The Morgan fingerprint density at radius 3 is 2.45 bits per heavy atom. The first-order chi connectivity index (χ1) is 15.5. The number of aliphatic hydroxyl groups is 1. The highest BCUT2D eigenvalue weighted by atomic mass is 19.4. The summed E-state index contributed by atoms with van der Waals surface area (Å²) in [5.41, 5.74) is 2.26. The number of rotatable bonds is 10. The van der Waals surface area contributed by atoms with E-state index in [2.05, 4.69) is 22.0 Å². The third kappa shape index (κ3) is 8.18. The van der Waals surface area contributed by atoms with Gasteiger partial charge in [0.2, 0.25) is 5.91 Å². The maximum Gasteiger partial charge on any atom is 0.416 e. The largest absolute Gasteiger partial charge is 0.416 e. The van der Waals surface area contributed by atoms with Crippen LogP contribution >= 0.6 is 0 Å². The highest BCUT2D eigenvalue weighted by molar-refractivity contribution is 5.96. The van der Waals surface area contributed by atoms with Crippen molar-refractivity contribution < 1.29 is 27.9 Å². The maximum absolute atomic E-state index is 12.8. The Hall–Kier alpha value is -2.91. The van der Waals surface area contributed by atoms with Crippen molar-refractivity contribution in [1.29, 1.82) is 0 Å². The minimum Gasteiger partial charge on any atom is -0.391 e. The van der Waals surface area contributed by atoms with E-state index in [1.54, 1.807) is 6.92 Å². The fourth-order valence-corrected chi connectivity index (χ4v) is 3.33. The Bertz CT molecular complexity index is 963. The van der Waals surface area contributed by atoms with Gasteiger partial charge in [0.15, 0.2) is 0 Å². The molecule has 2 aromatic carbocycles. The lowest BCUT2D eigenvalue weighted by molar-refractivity contribution is -0.137. The van der Waals surface area contributed by atoms with Gasteiger partial charge < -0.3 is 21.1 Å². The molecule has 0 spiro atoms. The summed E-state index contributed by atoms with van der Waals surface area (Å²) < 4.78 is 38.5. The van der Waals surface area contributed by atoms with Crippen molar-refractivity contribution in [3.05, 3.63) is 70.3 Å². The Morgan fingerprint density at radius 2 is 1.82 bits per heavy atom. The van der Waals surface area contributed by atoms with Crippen molar-refractivity contribution >= 4 is 11.8 Å². The molecule has 0 heterocycles. The molecule has 0 saturated heterocycles. The molecule has 0 radical (unpaired) electrons. The van der Waals surface area contributed by atoms with Crippen molar-refractivity contribution in [2.75, 3.05) is 13.1 Å². The monoisotopic (exact) mass is 465 g/mol. The van der Waals surface area contributed by atoms with Crippen LogP contribution in [0.1, 0.15) is 46.0 Å². The van der Waals surface area contributed by atoms with Crippen LogP contribution in [0.5, 0.6) is 0 Å². The predicted octanol–water partition coefficient (Wildman–Crippen LogP) is 3.10. The molecule has 0 fully saturated rings. The van der Waals surface area contributed by atoms with E-state index < -0.39 is 42.2 Å². The van der Waals surface area contributed by atoms with Crippen LogP contribution in [-0.2, 0) is 17.5 Å². The van der Waals surface area contributed by atoms with E-state index in [0.29, 0.717) is 19.5 Å². The topological polar surface area (TPSA) is 90.5 Å². The van der Waals surface area contributed by atoms with Gasteiger partial charge in [0.05, 0.1) is 24.3 Å². The van der Waals surface area contributed by atoms with Crippen molar-refractivity contribution in [1.82, 2.24) is 16.0 Å². The van der Waals surface area contributed by atoms with E-state index in [9.17, 15) is 27.9 Å². The number of benzene rings is 2. The van der Waals surface area contributed by atoms with Crippen molar-refractivity contribution in [3.63, 3.8) is 0 Å². The molecule has 0 aliphatic carbocycles. The third-order valence-corrected chi connectivity index (χ3v) is 5.27. The van der Waals surface area contributed by atoms with Crippen LogP contribution in [0.3, 0.4) is 0 Å². The van der Waals surface area contributed by atoms with Gasteiger partial charge in [0, 0.05) is 18.7 Å². The first-order valence-electron chi connectivity index (χ1n) is 10.7. The zero-order chi connectivity index (χ0) is 24.6. The highest BCUT2D eigenvalue weighted by Crippen LogP contribution is 2.29. The van der Waals surface area contributed by atoms with Gasteiger partial charge in [-0.3, -0.25) is 9.59 Å². The normalized spacial score (nSPS) is 13.3. The fourth-order valence-electron chi connectivity index (χ4n) is 3.33. The minimum absolute atomic E-state index is 0.196. The number of aryl methyl sites for hydroxylation is 2. The molecule has 0 unspecified atom stereocenters. The quantitative estimate of drug-likeness (QED) is 0.434. The molecule has 6 nitrogen and oxygen atoms in total. The molecular formula is C24H30F3N3O3. The van der Waals surface area contributed by atoms with Gasteiger partial charge in [-0.05, 0) is 49.6 Å². The molecule has 180 valence electrons. The fraction of sp³-hybridized carbons (Fsp3) is 0.417. The Balaban J connectivity index is 1.89. The molecule has 2 atom stereocenters. The number of hydrogen-bond donors (Lipinski definition) is 4. The Kier molecular flexibility index (Phi) is 9.43. The lowest BCUT2D eigenvalue weighted by Gasteiger charge is -2.24. The van der Waals surface area contributed by atoms with E-state index in [4.69, 9.17) is 0 Å². The van der Waals surface area contributed by atoms with Gasteiger partial charge in [-0.2, -0.15) is 13.2 Å². The first kappa shape index (κ1) is 26.3. The third-order valence-electron chi connectivity index (χ3n) is 5.27. The van der Waals surface area contributed by atoms with E-state index in [1.807, 2.05) is 26.0 Å². The molecule has 2 aromatic rings. The van der Waals surface area contributed by atoms with Gasteiger partial charge in [-0.1, -0.05) is 36.8 Å². The number of aliphatic hydroxyl groups excluding tert-OH is 1. The number of halogens is 3. The van der Waals surface area contributed by atoms with E-state index in [0.717, 1.165) is 34.9 Å². The molecule has 2 amide bonds. The van der Waals surface area contributed by atoms with Gasteiger partial charge in [0.1, 0.15) is 0 Å². The zero-order valence-corrected chi connectivity index (χ0v) is 18.9. The van der Waals surface area contributed by atoms with Crippen molar-refractivity contribution in [3.8, 4) is 0 Å². The summed E-state index contributed by atoms with van der Waals surface area (Å²) in [5, 5.41) is 18.5. The lowest BCUT2D eigenvalue weighted by atomic mass is 10.1. The molecule has 0 aromatic heterocycles. The second-order valence-electron chi connectivity index (χ2n) is 7.97. The van der Waals surface area contributed by atoms with Gasteiger partial charge in [-0.25, -0.2) is 0 Å². The average Bonchev–Trinajstić information content (AvgIpc) is 2.77. The number of hydrogen-bond acceptors (Lipinski definition) is 4. The lowest BCUT2D eigenvalue weighted by Crippen LogP contribution is -2.51. The highest BCUT2D eigenvalue weighted by Gasteiger charge is 2.31. The van der Waals surface area contributed by atoms with Crippen LogP contribution < -0.4 is 16.0 Å². The molecule has 0 bridgehead atoms. The molecular weight excluding hydrogens is 435 g/mol. The second kappa shape index (κ2) is 11.8. The predicted molar refractivity (Wildman–Crippen MR) is 120 cm³/mol. The summed E-state index contributed by atoms with van der Waals surface area (Å²) >= 11 is 0. The number of carbonyl (C=O) groups excluding carboxylic acids is 2. The SMILES string of the molecule is CC[C@H](O)[C@H](CNCc1ccc(C)cc1C)NC(=O)CNC(=O)c1cccc(C(F)(F)F)c1. The molecule has 4 N–H and O–H groups in total. The summed E-state index contributed by atoms with van der Waals surface area (Å²) in [6.07, 6.45) is -4.96. The molecule has 2 rings (SSSR count). The van der Waals surface area contributed by atoms with E-state index in [-0.39, 0.29) is 5.56 Å². The molecule has 0 saturated carbocycles.